The molecule has 2 aromatic carbocycles. The number of carbonyl (C=O) groups excluding carboxylic acids is 1. The zero-order valence-corrected chi connectivity index (χ0v) is 13.2. The van der Waals surface area contributed by atoms with Crippen LogP contribution in [0.2, 0.25) is 5.02 Å². The van der Waals surface area contributed by atoms with Crippen molar-refractivity contribution in [3.8, 4) is 5.75 Å². The van der Waals surface area contributed by atoms with Crippen molar-refractivity contribution in [3.63, 3.8) is 0 Å². The van der Waals surface area contributed by atoms with Gasteiger partial charge in [-0.15, -0.1) is 0 Å². The standard InChI is InChI=1S/C17H19ClN2O2/c1-13-3-2-4-16(11-13)22-10-9-19-17(21)12-20-15-7-5-14(18)6-8-15/h2-8,11,20H,9-10,12H2,1H3,(H,19,21). The van der Waals surface area contributed by atoms with Crippen LogP contribution in [0.15, 0.2) is 48.5 Å². The van der Waals surface area contributed by atoms with Crippen molar-refractivity contribution in [3.05, 3.63) is 59.1 Å². The molecule has 0 atom stereocenters. The number of halogens is 1. The third kappa shape index (κ3) is 5.66. The zero-order chi connectivity index (χ0) is 15.8. The number of amides is 1. The van der Waals surface area contributed by atoms with Gasteiger partial charge in [-0.1, -0.05) is 23.7 Å². The van der Waals surface area contributed by atoms with Crippen molar-refractivity contribution in [2.75, 3.05) is 25.0 Å². The van der Waals surface area contributed by atoms with Crippen LogP contribution in [0, 0.1) is 6.92 Å². The van der Waals surface area contributed by atoms with E-state index in [4.69, 9.17) is 16.3 Å². The lowest BCUT2D eigenvalue weighted by atomic mass is 10.2. The zero-order valence-electron chi connectivity index (χ0n) is 12.4. The van der Waals surface area contributed by atoms with Crippen LogP contribution in [0.3, 0.4) is 0 Å². The summed E-state index contributed by atoms with van der Waals surface area (Å²) < 4.78 is 5.56. The molecule has 0 unspecified atom stereocenters. The van der Waals surface area contributed by atoms with Gasteiger partial charge in [-0.05, 0) is 48.9 Å². The Labute approximate surface area is 135 Å². The monoisotopic (exact) mass is 318 g/mol. The highest BCUT2D eigenvalue weighted by Crippen LogP contribution is 2.13. The minimum absolute atomic E-state index is 0.0807. The quantitative estimate of drug-likeness (QED) is 0.770. The Morgan fingerprint density at radius 1 is 1.18 bits per heavy atom. The van der Waals surface area contributed by atoms with Gasteiger partial charge < -0.3 is 15.4 Å². The second-order valence-electron chi connectivity index (χ2n) is 4.88. The average Bonchev–Trinajstić information content (AvgIpc) is 2.51. The summed E-state index contributed by atoms with van der Waals surface area (Å²) in [5, 5.41) is 6.49. The SMILES string of the molecule is Cc1cccc(OCCNC(=O)CNc2ccc(Cl)cc2)c1. The number of ether oxygens (including phenoxy) is 1. The maximum Gasteiger partial charge on any atom is 0.239 e. The number of rotatable bonds is 7. The Balaban J connectivity index is 1.62. The van der Waals surface area contributed by atoms with Crippen LogP contribution in [0.1, 0.15) is 5.56 Å². The molecule has 2 aromatic rings. The van der Waals surface area contributed by atoms with Gasteiger partial charge in [0.25, 0.3) is 0 Å². The van der Waals surface area contributed by atoms with Crippen LogP contribution in [0.5, 0.6) is 5.75 Å². The molecule has 0 aliphatic carbocycles. The number of anilines is 1. The van der Waals surface area contributed by atoms with Gasteiger partial charge in [-0.2, -0.15) is 0 Å². The summed E-state index contributed by atoms with van der Waals surface area (Å²) in [6.45, 7) is 3.13. The summed E-state index contributed by atoms with van der Waals surface area (Å²) in [6.07, 6.45) is 0. The number of hydrogen-bond acceptors (Lipinski definition) is 3. The molecule has 0 aliphatic heterocycles. The average molecular weight is 319 g/mol. The van der Waals surface area contributed by atoms with Gasteiger partial charge in [-0.25, -0.2) is 0 Å². The molecule has 0 radical (unpaired) electrons. The molecule has 0 aromatic heterocycles. The fourth-order valence-electron chi connectivity index (χ4n) is 1.88. The number of aryl methyl sites for hydroxylation is 1. The lowest BCUT2D eigenvalue weighted by Gasteiger charge is -2.09. The van der Waals surface area contributed by atoms with Gasteiger partial charge in [-0.3, -0.25) is 4.79 Å². The molecule has 22 heavy (non-hydrogen) atoms. The normalized spacial score (nSPS) is 10.1. The Bertz CT molecular complexity index is 614. The summed E-state index contributed by atoms with van der Waals surface area (Å²) in [5.41, 5.74) is 2.00. The van der Waals surface area contributed by atoms with Crippen molar-refractivity contribution in [1.29, 1.82) is 0 Å². The van der Waals surface area contributed by atoms with Crippen LogP contribution < -0.4 is 15.4 Å². The van der Waals surface area contributed by atoms with Crippen molar-refractivity contribution >= 4 is 23.2 Å². The second-order valence-corrected chi connectivity index (χ2v) is 5.31. The molecule has 0 saturated carbocycles. The Hall–Kier alpha value is -2.20. The highest BCUT2D eigenvalue weighted by atomic mass is 35.5. The van der Waals surface area contributed by atoms with Crippen molar-refractivity contribution in [1.82, 2.24) is 5.32 Å². The Morgan fingerprint density at radius 3 is 2.68 bits per heavy atom. The van der Waals surface area contributed by atoms with E-state index in [-0.39, 0.29) is 12.5 Å². The lowest BCUT2D eigenvalue weighted by molar-refractivity contribution is -0.119. The molecule has 0 bridgehead atoms. The van der Waals surface area contributed by atoms with E-state index in [1.165, 1.54) is 0 Å². The molecule has 5 heteroatoms. The smallest absolute Gasteiger partial charge is 0.239 e. The van der Waals surface area contributed by atoms with E-state index in [0.717, 1.165) is 17.0 Å². The Kier molecular flexibility index (Phi) is 6.10. The number of nitrogens with one attached hydrogen (secondary N) is 2. The molecule has 2 rings (SSSR count). The first kappa shape index (κ1) is 16.2. The summed E-state index contributed by atoms with van der Waals surface area (Å²) in [7, 11) is 0. The van der Waals surface area contributed by atoms with Gasteiger partial charge in [0.15, 0.2) is 0 Å². The Morgan fingerprint density at radius 2 is 1.95 bits per heavy atom. The highest BCUT2D eigenvalue weighted by Gasteiger charge is 2.01. The van der Waals surface area contributed by atoms with Crippen LogP contribution in [0.4, 0.5) is 5.69 Å². The minimum atomic E-state index is -0.0807. The maximum atomic E-state index is 11.7. The number of benzene rings is 2. The first-order chi connectivity index (χ1) is 10.6. The molecule has 4 nitrogen and oxygen atoms in total. The topological polar surface area (TPSA) is 50.4 Å². The van der Waals surface area contributed by atoms with Crippen LogP contribution in [0.25, 0.3) is 0 Å². The molecule has 116 valence electrons. The predicted molar refractivity (Wildman–Crippen MR) is 89.6 cm³/mol. The largest absolute Gasteiger partial charge is 0.492 e. The van der Waals surface area contributed by atoms with Gasteiger partial charge in [0, 0.05) is 10.7 Å². The van der Waals surface area contributed by atoms with E-state index in [1.54, 1.807) is 12.1 Å². The van der Waals surface area contributed by atoms with Gasteiger partial charge in [0.1, 0.15) is 12.4 Å². The first-order valence-corrected chi connectivity index (χ1v) is 7.47. The molecule has 2 N–H and O–H groups in total. The lowest BCUT2D eigenvalue weighted by Crippen LogP contribution is -2.32. The van der Waals surface area contributed by atoms with Gasteiger partial charge in [0.05, 0.1) is 13.1 Å². The number of carbonyl (C=O) groups is 1. The van der Waals surface area contributed by atoms with E-state index in [2.05, 4.69) is 10.6 Å². The highest BCUT2D eigenvalue weighted by molar-refractivity contribution is 6.30. The summed E-state index contributed by atoms with van der Waals surface area (Å²) in [6, 6.07) is 15.0. The van der Waals surface area contributed by atoms with E-state index in [9.17, 15) is 4.79 Å². The molecule has 0 aliphatic rings. The summed E-state index contributed by atoms with van der Waals surface area (Å²) in [5.74, 6) is 0.733. The third-order valence-corrected chi connectivity index (χ3v) is 3.23. The molecule has 1 amide bonds. The molecular formula is C17H19ClN2O2. The number of hydrogen-bond donors (Lipinski definition) is 2. The molecule has 0 spiro atoms. The van der Waals surface area contributed by atoms with E-state index >= 15 is 0 Å². The fraction of sp³-hybridized carbons (Fsp3) is 0.235. The van der Waals surface area contributed by atoms with Crippen LogP contribution in [-0.2, 0) is 4.79 Å². The predicted octanol–water partition coefficient (Wildman–Crippen LogP) is 3.26. The van der Waals surface area contributed by atoms with E-state index in [1.807, 2.05) is 43.3 Å². The summed E-state index contributed by atoms with van der Waals surface area (Å²) in [4.78, 5) is 11.7. The second kappa shape index (κ2) is 8.29. The summed E-state index contributed by atoms with van der Waals surface area (Å²) >= 11 is 5.80. The molecular weight excluding hydrogens is 300 g/mol. The third-order valence-electron chi connectivity index (χ3n) is 2.98. The first-order valence-electron chi connectivity index (χ1n) is 7.09. The van der Waals surface area contributed by atoms with Gasteiger partial charge >= 0.3 is 0 Å². The van der Waals surface area contributed by atoms with Gasteiger partial charge in [0.2, 0.25) is 5.91 Å². The fourth-order valence-corrected chi connectivity index (χ4v) is 2.00. The van der Waals surface area contributed by atoms with Crippen molar-refractivity contribution < 1.29 is 9.53 Å². The minimum Gasteiger partial charge on any atom is -0.492 e. The molecule has 0 heterocycles. The van der Waals surface area contributed by atoms with E-state index < -0.39 is 0 Å². The molecule has 0 fully saturated rings. The molecule has 0 saturated heterocycles. The van der Waals surface area contributed by atoms with E-state index in [0.29, 0.717) is 18.2 Å². The van der Waals surface area contributed by atoms with Crippen LogP contribution >= 0.6 is 11.6 Å². The van der Waals surface area contributed by atoms with Crippen LogP contribution in [-0.4, -0.2) is 25.6 Å². The van der Waals surface area contributed by atoms with Crippen molar-refractivity contribution in [2.45, 2.75) is 6.92 Å². The van der Waals surface area contributed by atoms with Crippen molar-refractivity contribution in [2.24, 2.45) is 0 Å². The maximum absolute atomic E-state index is 11.7.